The third-order valence-corrected chi connectivity index (χ3v) is 3.13. The van der Waals surface area contributed by atoms with Crippen molar-refractivity contribution < 1.29 is 13.5 Å². The van der Waals surface area contributed by atoms with Crippen molar-refractivity contribution in [3.8, 4) is 5.75 Å². The Balaban J connectivity index is 3.50. The summed E-state index contributed by atoms with van der Waals surface area (Å²) in [5, 5.41) is 9.32. The number of aromatic hydroxyl groups is 1. The molecule has 13 heavy (non-hydrogen) atoms. The summed E-state index contributed by atoms with van der Waals surface area (Å²) in [5.74, 6) is 0.0195. The van der Waals surface area contributed by atoms with Gasteiger partial charge in [0.25, 0.3) is 0 Å². The Labute approximate surface area is 77.9 Å². The maximum absolute atomic E-state index is 11.2. The SMILES string of the molecule is Cc1cc(C)c(S(C)(=O)=O)cc1O. The molecule has 0 aromatic heterocycles. The average Bonchev–Trinajstić information content (AvgIpc) is 1.94. The molecule has 0 spiro atoms. The van der Waals surface area contributed by atoms with Crippen molar-refractivity contribution >= 4 is 9.84 Å². The van der Waals surface area contributed by atoms with Gasteiger partial charge in [0.05, 0.1) is 4.90 Å². The van der Waals surface area contributed by atoms with E-state index in [2.05, 4.69) is 0 Å². The fourth-order valence-electron chi connectivity index (χ4n) is 1.22. The van der Waals surface area contributed by atoms with Crippen molar-refractivity contribution in [1.82, 2.24) is 0 Å². The molecule has 0 amide bonds. The molecule has 1 aromatic carbocycles. The van der Waals surface area contributed by atoms with Gasteiger partial charge in [-0.1, -0.05) is 6.07 Å². The standard InChI is InChI=1S/C9H12O3S/c1-6-4-7(2)9(5-8(6)10)13(3,11)12/h4-5,10H,1-3H3. The maximum Gasteiger partial charge on any atom is 0.175 e. The monoisotopic (exact) mass is 200 g/mol. The largest absolute Gasteiger partial charge is 0.508 e. The van der Waals surface area contributed by atoms with Crippen LogP contribution in [-0.2, 0) is 9.84 Å². The molecule has 72 valence electrons. The predicted molar refractivity (Wildman–Crippen MR) is 50.7 cm³/mol. The first kappa shape index (κ1) is 10.1. The van der Waals surface area contributed by atoms with Crippen LogP contribution in [0.15, 0.2) is 17.0 Å². The first-order chi connectivity index (χ1) is 5.82. The lowest BCUT2D eigenvalue weighted by Gasteiger charge is -2.06. The van der Waals surface area contributed by atoms with Crippen LogP contribution in [0.4, 0.5) is 0 Å². The minimum atomic E-state index is -3.23. The molecule has 1 aromatic rings. The molecule has 0 aliphatic carbocycles. The Hall–Kier alpha value is -1.03. The predicted octanol–water partition coefficient (Wildman–Crippen LogP) is 1.41. The highest BCUT2D eigenvalue weighted by atomic mass is 32.2. The first-order valence-electron chi connectivity index (χ1n) is 3.82. The van der Waals surface area contributed by atoms with Crippen LogP contribution in [0.3, 0.4) is 0 Å². The van der Waals surface area contributed by atoms with Crippen LogP contribution in [0.2, 0.25) is 0 Å². The zero-order valence-electron chi connectivity index (χ0n) is 7.83. The highest BCUT2D eigenvalue weighted by Crippen LogP contribution is 2.24. The molecule has 0 aliphatic heterocycles. The Morgan fingerprint density at radius 3 is 2.15 bits per heavy atom. The minimum absolute atomic E-state index is 0.0195. The lowest BCUT2D eigenvalue weighted by Crippen LogP contribution is -2.00. The van der Waals surface area contributed by atoms with Gasteiger partial charge < -0.3 is 5.11 Å². The van der Waals surface area contributed by atoms with Crippen LogP contribution >= 0.6 is 0 Å². The van der Waals surface area contributed by atoms with Crippen LogP contribution in [0, 0.1) is 13.8 Å². The molecule has 0 fully saturated rings. The highest BCUT2D eigenvalue weighted by molar-refractivity contribution is 7.90. The number of sulfone groups is 1. The van der Waals surface area contributed by atoms with E-state index in [4.69, 9.17) is 0 Å². The van der Waals surface area contributed by atoms with Crippen LogP contribution in [0.5, 0.6) is 5.75 Å². The summed E-state index contributed by atoms with van der Waals surface area (Å²) in [6, 6.07) is 2.95. The van der Waals surface area contributed by atoms with Gasteiger partial charge in [-0.3, -0.25) is 0 Å². The van der Waals surface area contributed by atoms with Crippen molar-refractivity contribution in [3.05, 3.63) is 23.3 Å². The van der Waals surface area contributed by atoms with Gasteiger partial charge in [0.2, 0.25) is 0 Å². The van der Waals surface area contributed by atoms with Crippen molar-refractivity contribution in [3.63, 3.8) is 0 Å². The molecule has 0 saturated carbocycles. The molecule has 4 heteroatoms. The normalized spacial score (nSPS) is 11.6. The van der Waals surface area contributed by atoms with E-state index in [9.17, 15) is 13.5 Å². The van der Waals surface area contributed by atoms with E-state index in [0.717, 1.165) is 6.26 Å². The number of phenolic OH excluding ortho intramolecular Hbond substituents is 1. The minimum Gasteiger partial charge on any atom is -0.508 e. The Kier molecular flexibility index (Phi) is 2.34. The number of aryl methyl sites for hydroxylation is 2. The van der Waals surface area contributed by atoms with Gasteiger partial charge >= 0.3 is 0 Å². The smallest absolute Gasteiger partial charge is 0.175 e. The summed E-state index contributed by atoms with van der Waals surface area (Å²) in [7, 11) is -3.23. The number of hydrogen-bond donors (Lipinski definition) is 1. The molecule has 0 unspecified atom stereocenters. The zero-order valence-corrected chi connectivity index (χ0v) is 8.64. The summed E-state index contributed by atoms with van der Waals surface area (Å²) in [6.45, 7) is 3.44. The number of rotatable bonds is 1. The van der Waals surface area contributed by atoms with E-state index in [1.165, 1.54) is 6.07 Å². The van der Waals surface area contributed by atoms with Gasteiger partial charge in [-0.15, -0.1) is 0 Å². The van der Waals surface area contributed by atoms with Crippen LogP contribution < -0.4 is 0 Å². The van der Waals surface area contributed by atoms with Crippen LogP contribution in [0.25, 0.3) is 0 Å². The molecular weight excluding hydrogens is 188 g/mol. The summed E-state index contributed by atoms with van der Waals surface area (Å²) in [6.07, 6.45) is 1.13. The number of phenols is 1. The quantitative estimate of drug-likeness (QED) is 0.745. The second kappa shape index (κ2) is 3.03. The first-order valence-corrected chi connectivity index (χ1v) is 5.72. The van der Waals surface area contributed by atoms with Crippen LogP contribution in [-0.4, -0.2) is 19.8 Å². The lowest BCUT2D eigenvalue weighted by atomic mass is 10.1. The summed E-state index contributed by atoms with van der Waals surface area (Å²) in [5.41, 5.74) is 1.35. The molecule has 0 atom stereocenters. The number of benzene rings is 1. The molecule has 3 nitrogen and oxygen atoms in total. The molecule has 1 N–H and O–H groups in total. The summed E-state index contributed by atoms with van der Waals surface area (Å²) in [4.78, 5) is 0.190. The molecule has 1 rings (SSSR count). The molecule has 0 bridgehead atoms. The van der Waals surface area contributed by atoms with Gasteiger partial charge in [0, 0.05) is 6.26 Å². The van der Waals surface area contributed by atoms with Gasteiger partial charge in [0.15, 0.2) is 9.84 Å². The van der Waals surface area contributed by atoms with E-state index in [-0.39, 0.29) is 10.6 Å². The van der Waals surface area contributed by atoms with E-state index in [0.29, 0.717) is 11.1 Å². The molecule has 0 aliphatic rings. The molecular formula is C9H12O3S. The molecule has 0 heterocycles. The number of hydrogen-bond acceptors (Lipinski definition) is 3. The Morgan fingerprint density at radius 1 is 1.15 bits per heavy atom. The summed E-state index contributed by atoms with van der Waals surface area (Å²) < 4.78 is 22.4. The maximum atomic E-state index is 11.2. The van der Waals surface area contributed by atoms with Crippen molar-refractivity contribution in [2.45, 2.75) is 18.7 Å². The third-order valence-electron chi connectivity index (χ3n) is 1.89. The molecule has 0 radical (unpaired) electrons. The van der Waals surface area contributed by atoms with Gasteiger partial charge in [-0.25, -0.2) is 8.42 Å². The second-order valence-corrected chi connectivity index (χ2v) is 5.16. The van der Waals surface area contributed by atoms with Gasteiger partial charge in [-0.2, -0.15) is 0 Å². The highest BCUT2D eigenvalue weighted by Gasteiger charge is 2.12. The van der Waals surface area contributed by atoms with Crippen molar-refractivity contribution in [2.24, 2.45) is 0 Å². The fourth-order valence-corrected chi connectivity index (χ4v) is 2.19. The third kappa shape index (κ3) is 2.01. The Bertz CT molecular complexity index is 432. The molecule has 0 saturated heterocycles. The fraction of sp³-hybridized carbons (Fsp3) is 0.333. The van der Waals surface area contributed by atoms with Gasteiger partial charge in [-0.05, 0) is 31.0 Å². The van der Waals surface area contributed by atoms with Crippen molar-refractivity contribution in [1.29, 1.82) is 0 Å². The zero-order chi connectivity index (χ0) is 10.2. The van der Waals surface area contributed by atoms with Crippen LogP contribution in [0.1, 0.15) is 11.1 Å². The van der Waals surface area contributed by atoms with E-state index < -0.39 is 9.84 Å². The summed E-state index contributed by atoms with van der Waals surface area (Å²) >= 11 is 0. The van der Waals surface area contributed by atoms with E-state index in [1.807, 2.05) is 0 Å². The van der Waals surface area contributed by atoms with E-state index in [1.54, 1.807) is 19.9 Å². The topological polar surface area (TPSA) is 54.4 Å². The van der Waals surface area contributed by atoms with E-state index >= 15 is 0 Å². The van der Waals surface area contributed by atoms with Gasteiger partial charge in [0.1, 0.15) is 5.75 Å². The Morgan fingerprint density at radius 2 is 1.69 bits per heavy atom. The lowest BCUT2D eigenvalue weighted by molar-refractivity contribution is 0.468. The van der Waals surface area contributed by atoms with Crippen molar-refractivity contribution in [2.75, 3.05) is 6.26 Å². The average molecular weight is 200 g/mol. The second-order valence-electron chi connectivity index (χ2n) is 3.18.